The molecule has 2 N–H and O–H groups in total. The Morgan fingerprint density at radius 2 is 2.00 bits per heavy atom. The second kappa shape index (κ2) is 4.74. The van der Waals surface area contributed by atoms with Crippen LogP contribution in [0.5, 0.6) is 0 Å². The maximum atomic E-state index is 10.6. The van der Waals surface area contributed by atoms with E-state index < -0.39 is 12.0 Å². The molecule has 0 saturated carbocycles. The number of carboxylic acids is 1. The number of hydrogen-bond acceptors (Lipinski definition) is 2. The van der Waals surface area contributed by atoms with Crippen LogP contribution in [0.4, 0.5) is 0 Å². The Morgan fingerprint density at radius 1 is 1.50 bits per heavy atom. The molecule has 0 aromatic rings. The van der Waals surface area contributed by atoms with Crippen LogP contribution in [0, 0.1) is 5.92 Å². The smallest absolute Gasteiger partial charge is 0.326 e. The molecule has 4 heteroatoms. The average Bonchev–Trinajstić information content (AvgIpc) is 1.98. The highest BCUT2D eigenvalue weighted by Crippen LogP contribution is 2.07. The summed E-state index contributed by atoms with van der Waals surface area (Å²) in [5.41, 5.74) is 0. The lowest BCUT2D eigenvalue weighted by Gasteiger charge is -2.18. The van der Waals surface area contributed by atoms with Crippen LogP contribution in [0.15, 0.2) is 0 Å². The standard InChI is InChI=1S/C8H15NO3/c1-4-5(2)7(8(11)12)9-6(3)10/h5,7H,4H2,1-3H3,(H,9,10)(H,11,12). The van der Waals surface area contributed by atoms with Crippen molar-refractivity contribution in [2.75, 3.05) is 0 Å². The van der Waals surface area contributed by atoms with Gasteiger partial charge in [0, 0.05) is 6.92 Å². The minimum Gasteiger partial charge on any atom is -0.480 e. The molecule has 0 spiro atoms. The molecule has 0 radical (unpaired) electrons. The molecule has 70 valence electrons. The number of carbonyl (C=O) groups is 2. The van der Waals surface area contributed by atoms with E-state index in [9.17, 15) is 9.59 Å². The summed E-state index contributed by atoms with van der Waals surface area (Å²) < 4.78 is 0. The summed E-state index contributed by atoms with van der Waals surface area (Å²) in [6.07, 6.45) is 0.733. The first-order chi connectivity index (χ1) is 5.49. The third-order valence-corrected chi connectivity index (χ3v) is 1.84. The maximum absolute atomic E-state index is 10.6. The lowest BCUT2D eigenvalue weighted by Crippen LogP contribution is -2.43. The number of nitrogens with one attached hydrogen (secondary N) is 1. The number of amides is 1. The first-order valence-corrected chi connectivity index (χ1v) is 3.99. The number of carbonyl (C=O) groups excluding carboxylic acids is 1. The van der Waals surface area contributed by atoms with Gasteiger partial charge in [-0.2, -0.15) is 0 Å². The first-order valence-electron chi connectivity index (χ1n) is 3.99. The summed E-state index contributed by atoms with van der Waals surface area (Å²) in [5, 5.41) is 11.1. The van der Waals surface area contributed by atoms with Gasteiger partial charge >= 0.3 is 5.97 Å². The number of hydrogen-bond donors (Lipinski definition) is 2. The largest absolute Gasteiger partial charge is 0.480 e. The Bertz CT molecular complexity index is 179. The zero-order chi connectivity index (χ0) is 9.72. The SMILES string of the molecule is CCC(C)C(NC(C)=O)C(=O)O. The lowest BCUT2D eigenvalue weighted by molar-refractivity contribution is -0.143. The van der Waals surface area contributed by atoms with Crippen molar-refractivity contribution in [3.63, 3.8) is 0 Å². The summed E-state index contributed by atoms with van der Waals surface area (Å²) in [7, 11) is 0. The number of rotatable bonds is 4. The monoisotopic (exact) mass is 173 g/mol. The Morgan fingerprint density at radius 3 is 2.25 bits per heavy atom. The van der Waals surface area contributed by atoms with Gasteiger partial charge < -0.3 is 10.4 Å². The van der Waals surface area contributed by atoms with Crippen LogP contribution in [-0.4, -0.2) is 23.0 Å². The molecule has 0 bridgehead atoms. The van der Waals surface area contributed by atoms with Gasteiger partial charge in [-0.25, -0.2) is 4.79 Å². The van der Waals surface area contributed by atoms with Gasteiger partial charge in [-0.15, -0.1) is 0 Å². The van der Waals surface area contributed by atoms with Crippen molar-refractivity contribution in [3.05, 3.63) is 0 Å². The fourth-order valence-electron chi connectivity index (χ4n) is 0.902. The number of carboxylic acid groups (broad SMARTS) is 1. The summed E-state index contributed by atoms with van der Waals surface area (Å²) in [6.45, 7) is 5.01. The van der Waals surface area contributed by atoms with E-state index in [1.54, 1.807) is 6.92 Å². The molecule has 0 aliphatic carbocycles. The zero-order valence-corrected chi connectivity index (χ0v) is 7.63. The maximum Gasteiger partial charge on any atom is 0.326 e. The van der Waals surface area contributed by atoms with Crippen molar-refractivity contribution in [1.29, 1.82) is 0 Å². The Hall–Kier alpha value is -1.06. The Labute approximate surface area is 72.0 Å². The van der Waals surface area contributed by atoms with Crippen LogP contribution in [0.3, 0.4) is 0 Å². The molecule has 2 unspecified atom stereocenters. The van der Waals surface area contributed by atoms with Crippen LogP contribution in [0.2, 0.25) is 0 Å². The molecule has 0 aromatic heterocycles. The predicted molar refractivity (Wildman–Crippen MR) is 44.7 cm³/mol. The highest BCUT2D eigenvalue weighted by Gasteiger charge is 2.23. The molecule has 0 saturated heterocycles. The Balaban J connectivity index is 4.22. The van der Waals surface area contributed by atoms with Crippen LogP contribution >= 0.6 is 0 Å². The summed E-state index contributed by atoms with van der Waals surface area (Å²) in [4.78, 5) is 21.2. The van der Waals surface area contributed by atoms with Gasteiger partial charge in [0.1, 0.15) is 6.04 Å². The highest BCUT2D eigenvalue weighted by molar-refractivity contribution is 5.82. The third-order valence-electron chi connectivity index (χ3n) is 1.84. The molecule has 12 heavy (non-hydrogen) atoms. The molecule has 1 amide bonds. The van der Waals surface area contributed by atoms with Gasteiger partial charge in [0.15, 0.2) is 0 Å². The molecule has 2 atom stereocenters. The molecule has 4 nitrogen and oxygen atoms in total. The molecule has 0 rings (SSSR count). The number of aliphatic carboxylic acids is 1. The topological polar surface area (TPSA) is 66.4 Å². The van der Waals surface area contributed by atoms with E-state index in [2.05, 4.69) is 5.32 Å². The van der Waals surface area contributed by atoms with E-state index in [-0.39, 0.29) is 11.8 Å². The van der Waals surface area contributed by atoms with Gasteiger partial charge in [-0.1, -0.05) is 20.3 Å². The molecular formula is C8H15NO3. The van der Waals surface area contributed by atoms with Crippen molar-refractivity contribution in [1.82, 2.24) is 5.32 Å². The quantitative estimate of drug-likeness (QED) is 0.655. The Kier molecular flexibility index (Phi) is 4.33. The van der Waals surface area contributed by atoms with E-state index >= 15 is 0 Å². The normalized spacial score (nSPS) is 14.9. The molecule has 0 aliphatic rings. The highest BCUT2D eigenvalue weighted by atomic mass is 16.4. The average molecular weight is 173 g/mol. The minimum atomic E-state index is -0.973. The van der Waals surface area contributed by atoms with Crippen LogP contribution in [0.25, 0.3) is 0 Å². The molecular weight excluding hydrogens is 158 g/mol. The fraction of sp³-hybridized carbons (Fsp3) is 0.750. The zero-order valence-electron chi connectivity index (χ0n) is 7.63. The molecule has 0 fully saturated rings. The molecule has 0 heterocycles. The van der Waals surface area contributed by atoms with E-state index in [1.807, 2.05) is 6.92 Å². The third kappa shape index (κ3) is 3.37. The fourth-order valence-corrected chi connectivity index (χ4v) is 0.902. The first kappa shape index (κ1) is 10.9. The van der Waals surface area contributed by atoms with Gasteiger partial charge in [0.2, 0.25) is 5.91 Å². The minimum absolute atomic E-state index is 0.0357. The summed E-state index contributed by atoms with van der Waals surface area (Å²) in [6, 6.07) is -0.757. The van der Waals surface area contributed by atoms with Crippen LogP contribution in [0.1, 0.15) is 27.2 Å². The molecule has 0 aliphatic heterocycles. The van der Waals surface area contributed by atoms with E-state index in [0.29, 0.717) is 0 Å². The summed E-state index contributed by atoms with van der Waals surface area (Å²) in [5.74, 6) is -1.31. The van der Waals surface area contributed by atoms with Gasteiger partial charge in [0.25, 0.3) is 0 Å². The predicted octanol–water partition coefficient (Wildman–Crippen LogP) is 0.622. The van der Waals surface area contributed by atoms with Crippen LogP contribution < -0.4 is 5.32 Å². The van der Waals surface area contributed by atoms with Crippen molar-refractivity contribution in [3.8, 4) is 0 Å². The summed E-state index contributed by atoms with van der Waals surface area (Å²) >= 11 is 0. The van der Waals surface area contributed by atoms with Crippen molar-refractivity contribution in [2.24, 2.45) is 5.92 Å². The van der Waals surface area contributed by atoms with E-state index in [1.165, 1.54) is 6.92 Å². The lowest BCUT2D eigenvalue weighted by atomic mass is 9.99. The van der Waals surface area contributed by atoms with Crippen molar-refractivity contribution in [2.45, 2.75) is 33.2 Å². The van der Waals surface area contributed by atoms with Gasteiger partial charge in [-0.3, -0.25) is 4.79 Å². The van der Waals surface area contributed by atoms with Gasteiger partial charge in [-0.05, 0) is 5.92 Å². The van der Waals surface area contributed by atoms with Crippen molar-refractivity contribution >= 4 is 11.9 Å². The van der Waals surface area contributed by atoms with Crippen molar-refractivity contribution < 1.29 is 14.7 Å². The van der Waals surface area contributed by atoms with E-state index in [4.69, 9.17) is 5.11 Å². The molecule has 0 aromatic carbocycles. The second-order valence-electron chi connectivity index (χ2n) is 2.90. The second-order valence-corrected chi connectivity index (χ2v) is 2.90. The van der Waals surface area contributed by atoms with Crippen LogP contribution in [-0.2, 0) is 9.59 Å². The van der Waals surface area contributed by atoms with E-state index in [0.717, 1.165) is 6.42 Å². The van der Waals surface area contributed by atoms with Gasteiger partial charge in [0.05, 0.1) is 0 Å².